The number of nitrogens with zero attached hydrogens (tertiary/aromatic N) is 1. The van der Waals surface area contributed by atoms with Gasteiger partial charge in [0.2, 0.25) is 5.91 Å². The summed E-state index contributed by atoms with van der Waals surface area (Å²) in [5.41, 5.74) is 3.62. The molecule has 2 aromatic rings. The number of carbonyl (C=O) groups is 3. The number of hydrogen-bond donors (Lipinski definition) is 3. The number of aromatic hydroxyl groups is 1. The maximum absolute atomic E-state index is 13.9. The maximum atomic E-state index is 13.9. The van der Waals surface area contributed by atoms with Crippen molar-refractivity contribution in [2.24, 2.45) is 0 Å². The van der Waals surface area contributed by atoms with E-state index in [-0.39, 0.29) is 31.0 Å². The van der Waals surface area contributed by atoms with Gasteiger partial charge in [0.15, 0.2) is 0 Å². The molecule has 1 aliphatic heterocycles. The highest BCUT2D eigenvalue weighted by molar-refractivity contribution is 5.87. The van der Waals surface area contributed by atoms with Gasteiger partial charge in [-0.2, -0.15) is 0 Å². The Morgan fingerprint density at radius 3 is 2.29 bits per heavy atom. The number of phenolic OH excluding ortho intramolecular Hbond substituents is 1. The standard InChI is InChI=1S/C27H34N2O6/c1-16-10-21(30)11-17(2)22(16)14-23(28-26(34)35-27(3,4)5)25(33)29-15-19-9-7-6-8-18(19)12-20(29)13-24(31)32/h6-11,20,23,30H,12-15H2,1-5H3,(H,28,34)(H,31,32)/t20-,23-/m0/s1. The van der Waals surface area contributed by atoms with Crippen molar-refractivity contribution in [2.45, 2.75) is 78.1 Å². The third-order valence-electron chi connectivity index (χ3n) is 6.13. The fourth-order valence-electron chi connectivity index (χ4n) is 4.58. The Kier molecular flexibility index (Phi) is 7.73. The van der Waals surface area contributed by atoms with E-state index in [1.165, 1.54) is 0 Å². The number of carboxylic acid groups (broad SMARTS) is 1. The molecule has 0 spiro atoms. The predicted octanol–water partition coefficient (Wildman–Crippen LogP) is 3.87. The van der Waals surface area contributed by atoms with Gasteiger partial charge < -0.3 is 25.2 Å². The second kappa shape index (κ2) is 10.4. The quantitative estimate of drug-likeness (QED) is 0.576. The van der Waals surface area contributed by atoms with Crippen molar-refractivity contribution >= 4 is 18.0 Å². The number of carboxylic acids is 1. The summed E-state index contributed by atoms with van der Waals surface area (Å²) in [6.07, 6.45) is -0.327. The van der Waals surface area contributed by atoms with E-state index in [0.29, 0.717) is 6.42 Å². The topological polar surface area (TPSA) is 116 Å². The number of ether oxygens (including phenoxy) is 1. The fraction of sp³-hybridized carbons (Fsp3) is 0.444. The van der Waals surface area contributed by atoms with Crippen molar-refractivity contribution in [1.29, 1.82) is 0 Å². The lowest BCUT2D eigenvalue weighted by atomic mass is 9.90. The highest BCUT2D eigenvalue weighted by Crippen LogP contribution is 2.28. The predicted molar refractivity (Wildman–Crippen MR) is 131 cm³/mol. The van der Waals surface area contributed by atoms with Crippen LogP contribution in [-0.4, -0.2) is 50.8 Å². The molecule has 0 aliphatic carbocycles. The number of alkyl carbamates (subject to hydrolysis) is 1. The van der Waals surface area contributed by atoms with Crippen LogP contribution in [0.25, 0.3) is 0 Å². The number of aryl methyl sites for hydroxylation is 2. The molecule has 1 heterocycles. The van der Waals surface area contributed by atoms with Crippen molar-refractivity contribution < 1.29 is 29.3 Å². The van der Waals surface area contributed by atoms with Gasteiger partial charge >= 0.3 is 12.1 Å². The van der Waals surface area contributed by atoms with Gasteiger partial charge in [-0.3, -0.25) is 9.59 Å². The molecule has 0 aromatic heterocycles. The molecule has 0 radical (unpaired) electrons. The SMILES string of the molecule is Cc1cc(O)cc(C)c1C[C@H](NC(=O)OC(C)(C)C)C(=O)N1Cc2ccccc2C[C@H]1CC(=O)O. The molecule has 188 valence electrons. The minimum atomic E-state index is -0.992. The van der Waals surface area contributed by atoms with Gasteiger partial charge in [0, 0.05) is 19.0 Å². The lowest BCUT2D eigenvalue weighted by molar-refractivity contribution is -0.142. The molecule has 2 atom stereocenters. The first-order chi connectivity index (χ1) is 16.3. The van der Waals surface area contributed by atoms with Gasteiger partial charge in [0.25, 0.3) is 0 Å². The highest BCUT2D eigenvalue weighted by Gasteiger charge is 2.36. The molecule has 8 nitrogen and oxygen atoms in total. The number of phenols is 1. The van der Waals surface area contributed by atoms with E-state index in [1.807, 2.05) is 38.1 Å². The average molecular weight is 483 g/mol. The van der Waals surface area contributed by atoms with E-state index in [0.717, 1.165) is 27.8 Å². The summed E-state index contributed by atoms with van der Waals surface area (Å²) in [7, 11) is 0. The number of benzene rings is 2. The number of nitrogens with one attached hydrogen (secondary N) is 1. The van der Waals surface area contributed by atoms with Crippen molar-refractivity contribution in [3.63, 3.8) is 0 Å². The van der Waals surface area contributed by atoms with E-state index in [4.69, 9.17) is 4.74 Å². The molecule has 1 aliphatic rings. The summed E-state index contributed by atoms with van der Waals surface area (Å²) in [5.74, 6) is -1.24. The normalized spacial score (nSPS) is 16.3. The van der Waals surface area contributed by atoms with Crippen molar-refractivity contribution in [3.05, 3.63) is 64.2 Å². The molecule has 0 saturated carbocycles. The Hall–Kier alpha value is -3.55. The molecule has 2 aromatic carbocycles. The van der Waals surface area contributed by atoms with E-state index >= 15 is 0 Å². The van der Waals surface area contributed by atoms with E-state index in [2.05, 4.69) is 5.32 Å². The summed E-state index contributed by atoms with van der Waals surface area (Å²) >= 11 is 0. The van der Waals surface area contributed by atoms with Crippen molar-refractivity contribution in [3.8, 4) is 5.75 Å². The summed E-state index contributed by atoms with van der Waals surface area (Å²) in [5, 5.41) is 22.2. The van der Waals surface area contributed by atoms with E-state index < -0.39 is 29.7 Å². The van der Waals surface area contributed by atoms with Gasteiger partial charge in [0.1, 0.15) is 17.4 Å². The molecular formula is C27H34N2O6. The zero-order chi connectivity index (χ0) is 25.9. The Balaban J connectivity index is 1.96. The van der Waals surface area contributed by atoms with Crippen molar-refractivity contribution in [2.75, 3.05) is 0 Å². The minimum absolute atomic E-state index is 0.126. The van der Waals surface area contributed by atoms with Crippen LogP contribution < -0.4 is 5.32 Å². The zero-order valence-electron chi connectivity index (χ0n) is 20.9. The van der Waals surface area contributed by atoms with Crippen LogP contribution in [-0.2, 0) is 33.7 Å². The number of amides is 2. The lowest BCUT2D eigenvalue weighted by Crippen LogP contribution is -2.55. The number of aliphatic carboxylic acids is 1. The smallest absolute Gasteiger partial charge is 0.408 e. The Morgan fingerprint density at radius 1 is 1.11 bits per heavy atom. The van der Waals surface area contributed by atoms with Crippen LogP contribution in [0.4, 0.5) is 4.79 Å². The average Bonchev–Trinajstić information content (AvgIpc) is 2.72. The number of carbonyl (C=O) groups excluding carboxylic acids is 2. The van der Waals surface area contributed by atoms with Crippen LogP contribution >= 0.6 is 0 Å². The van der Waals surface area contributed by atoms with Gasteiger partial charge in [-0.05, 0) is 81.0 Å². The Morgan fingerprint density at radius 2 is 1.71 bits per heavy atom. The summed E-state index contributed by atoms with van der Waals surface area (Å²) in [6.45, 7) is 9.14. The first kappa shape index (κ1) is 26.1. The molecule has 2 amide bonds. The van der Waals surface area contributed by atoms with Gasteiger partial charge in [-0.15, -0.1) is 0 Å². The van der Waals surface area contributed by atoms with Gasteiger partial charge in [0.05, 0.1) is 6.42 Å². The molecule has 0 saturated heterocycles. The monoisotopic (exact) mass is 482 g/mol. The van der Waals surface area contributed by atoms with E-state index in [1.54, 1.807) is 37.8 Å². The Bertz CT molecular complexity index is 1100. The highest BCUT2D eigenvalue weighted by atomic mass is 16.6. The maximum Gasteiger partial charge on any atom is 0.408 e. The van der Waals surface area contributed by atoms with Crippen LogP contribution in [0.15, 0.2) is 36.4 Å². The summed E-state index contributed by atoms with van der Waals surface area (Å²) in [6, 6.07) is 9.37. The third-order valence-corrected chi connectivity index (χ3v) is 6.13. The first-order valence-electron chi connectivity index (χ1n) is 11.7. The van der Waals surface area contributed by atoms with E-state index in [9.17, 15) is 24.6 Å². The number of rotatable bonds is 6. The van der Waals surface area contributed by atoms with Crippen LogP contribution in [0.3, 0.4) is 0 Å². The Labute approximate surface area is 205 Å². The molecule has 0 fully saturated rings. The van der Waals surface area contributed by atoms with Crippen LogP contribution in [0, 0.1) is 13.8 Å². The second-order valence-corrected chi connectivity index (χ2v) is 10.2. The largest absolute Gasteiger partial charge is 0.508 e. The molecule has 35 heavy (non-hydrogen) atoms. The van der Waals surface area contributed by atoms with Crippen molar-refractivity contribution in [1.82, 2.24) is 10.2 Å². The number of hydrogen-bond acceptors (Lipinski definition) is 5. The van der Waals surface area contributed by atoms with Crippen LogP contribution in [0.2, 0.25) is 0 Å². The molecule has 3 N–H and O–H groups in total. The number of fused-ring (bicyclic) bond motifs is 1. The zero-order valence-corrected chi connectivity index (χ0v) is 20.9. The second-order valence-electron chi connectivity index (χ2n) is 10.2. The minimum Gasteiger partial charge on any atom is -0.508 e. The molecule has 8 heteroatoms. The van der Waals surface area contributed by atoms with Gasteiger partial charge in [-0.25, -0.2) is 4.79 Å². The molecule has 0 bridgehead atoms. The van der Waals surface area contributed by atoms with Crippen LogP contribution in [0.5, 0.6) is 5.75 Å². The third kappa shape index (κ3) is 6.74. The van der Waals surface area contributed by atoms with Gasteiger partial charge in [-0.1, -0.05) is 24.3 Å². The molecular weight excluding hydrogens is 448 g/mol. The molecule has 0 unspecified atom stereocenters. The first-order valence-corrected chi connectivity index (χ1v) is 11.7. The lowest BCUT2D eigenvalue weighted by Gasteiger charge is -2.38. The molecule has 3 rings (SSSR count). The summed E-state index contributed by atoms with van der Waals surface area (Å²) in [4.78, 5) is 39.8. The van der Waals surface area contributed by atoms with Crippen LogP contribution in [0.1, 0.15) is 55.0 Å². The fourth-order valence-corrected chi connectivity index (χ4v) is 4.58. The summed E-state index contributed by atoms with van der Waals surface area (Å²) < 4.78 is 5.42.